The third kappa shape index (κ3) is 2.51. The molecule has 1 N–H and O–H groups in total. The van der Waals surface area contributed by atoms with E-state index in [1.807, 2.05) is 19.9 Å². The molecule has 5 nitrogen and oxygen atoms in total. The standard InChI is InChI=1S/C12H13ClN4O/c1-7-4-8(2)15-10(5-7)16-12(18)11-9(13)6-14-17(11)3/h4-6H,1-3H3,(H,15,16,18). The van der Waals surface area contributed by atoms with E-state index in [1.54, 1.807) is 13.1 Å². The summed E-state index contributed by atoms with van der Waals surface area (Å²) < 4.78 is 1.43. The first-order chi connectivity index (χ1) is 8.47. The molecule has 2 rings (SSSR count). The number of anilines is 1. The van der Waals surface area contributed by atoms with Crippen LogP contribution in [0.25, 0.3) is 0 Å². The van der Waals surface area contributed by atoms with Crippen molar-refractivity contribution < 1.29 is 4.79 Å². The van der Waals surface area contributed by atoms with Crippen molar-refractivity contribution in [2.24, 2.45) is 7.05 Å². The van der Waals surface area contributed by atoms with Gasteiger partial charge in [-0.05, 0) is 31.5 Å². The second kappa shape index (κ2) is 4.78. The number of hydrogen-bond donors (Lipinski definition) is 1. The van der Waals surface area contributed by atoms with Crippen LogP contribution in [-0.4, -0.2) is 20.7 Å². The zero-order valence-electron chi connectivity index (χ0n) is 10.4. The Morgan fingerprint density at radius 2 is 2.11 bits per heavy atom. The lowest BCUT2D eigenvalue weighted by atomic mass is 10.2. The van der Waals surface area contributed by atoms with Crippen LogP contribution in [0.15, 0.2) is 18.3 Å². The molecule has 0 unspecified atom stereocenters. The maximum atomic E-state index is 12.0. The van der Waals surface area contributed by atoms with Gasteiger partial charge in [0.05, 0.1) is 11.2 Å². The number of pyridine rings is 1. The lowest BCUT2D eigenvalue weighted by Gasteiger charge is -2.07. The van der Waals surface area contributed by atoms with Gasteiger partial charge in [0.25, 0.3) is 5.91 Å². The fraction of sp³-hybridized carbons (Fsp3) is 0.250. The van der Waals surface area contributed by atoms with E-state index < -0.39 is 0 Å². The van der Waals surface area contributed by atoms with Crippen molar-refractivity contribution in [2.45, 2.75) is 13.8 Å². The fourth-order valence-corrected chi connectivity index (χ4v) is 2.00. The van der Waals surface area contributed by atoms with Crippen molar-refractivity contribution in [2.75, 3.05) is 5.32 Å². The lowest BCUT2D eigenvalue weighted by molar-refractivity contribution is 0.101. The molecule has 18 heavy (non-hydrogen) atoms. The molecule has 2 heterocycles. The van der Waals surface area contributed by atoms with Crippen LogP contribution >= 0.6 is 11.6 Å². The summed E-state index contributed by atoms with van der Waals surface area (Å²) >= 11 is 5.90. The predicted octanol–water partition coefficient (Wildman–Crippen LogP) is 2.34. The van der Waals surface area contributed by atoms with E-state index in [1.165, 1.54) is 10.9 Å². The van der Waals surface area contributed by atoms with Gasteiger partial charge >= 0.3 is 0 Å². The monoisotopic (exact) mass is 264 g/mol. The topological polar surface area (TPSA) is 59.8 Å². The molecule has 0 aromatic carbocycles. The molecule has 6 heteroatoms. The molecule has 0 atom stereocenters. The van der Waals surface area contributed by atoms with Crippen LogP contribution in [0.2, 0.25) is 5.02 Å². The van der Waals surface area contributed by atoms with Crippen molar-refractivity contribution in [3.8, 4) is 0 Å². The summed E-state index contributed by atoms with van der Waals surface area (Å²) in [6, 6.07) is 3.74. The van der Waals surface area contributed by atoms with E-state index in [4.69, 9.17) is 11.6 Å². The molecule has 2 aromatic heterocycles. The second-order valence-corrected chi connectivity index (χ2v) is 4.50. The highest BCUT2D eigenvalue weighted by Gasteiger charge is 2.16. The molecule has 0 aliphatic carbocycles. The van der Waals surface area contributed by atoms with Crippen molar-refractivity contribution in [1.82, 2.24) is 14.8 Å². The number of hydrogen-bond acceptors (Lipinski definition) is 3. The molecule has 0 saturated heterocycles. The quantitative estimate of drug-likeness (QED) is 0.906. The zero-order valence-corrected chi connectivity index (χ0v) is 11.1. The van der Waals surface area contributed by atoms with Gasteiger partial charge in [0.15, 0.2) is 0 Å². The molecular weight excluding hydrogens is 252 g/mol. The van der Waals surface area contributed by atoms with Crippen molar-refractivity contribution >= 4 is 23.3 Å². The Balaban J connectivity index is 2.27. The number of carbonyl (C=O) groups is 1. The van der Waals surface area contributed by atoms with Gasteiger partial charge in [0.1, 0.15) is 11.5 Å². The fourth-order valence-electron chi connectivity index (χ4n) is 1.75. The molecule has 0 aliphatic rings. The number of aryl methyl sites for hydroxylation is 3. The summed E-state index contributed by atoms with van der Waals surface area (Å²) in [6.45, 7) is 3.82. The molecule has 0 aliphatic heterocycles. The maximum absolute atomic E-state index is 12.0. The van der Waals surface area contributed by atoms with E-state index >= 15 is 0 Å². The van der Waals surface area contributed by atoms with Gasteiger partial charge in [-0.3, -0.25) is 9.48 Å². The number of carbonyl (C=O) groups excluding carboxylic acids is 1. The number of nitrogens with zero attached hydrogens (tertiary/aromatic N) is 3. The minimum absolute atomic E-state index is 0.317. The summed E-state index contributed by atoms with van der Waals surface area (Å²) in [6.07, 6.45) is 1.44. The number of nitrogens with one attached hydrogen (secondary N) is 1. The molecule has 1 amide bonds. The largest absolute Gasteiger partial charge is 0.305 e. The summed E-state index contributed by atoms with van der Waals surface area (Å²) in [5.41, 5.74) is 2.20. The molecular formula is C12H13ClN4O. The highest BCUT2D eigenvalue weighted by atomic mass is 35.5. The van der Waals surface area contributed by atoms with Crippen LogP contribution < -0.4 is 5.32 Å². The van der Waals surface area contributed by atoms with Gasteiger partial charge in [0, 0.05) is 12.7 Å². The minimum atomic E-state index is -0.322. The number of aromatic nitrogens is 3. The number of amides is 1. The van der Waals surface area contributed by atoms with Gasteiger partial charge in [-0.2, -0.15) is 5.10 Å². The minimum Gasteiger partial charge on any atom is -0.305 e. The number of rotatable bonds is 2. The first kappa shape index (κ1) is 12.6. The zero-order chi connectivity index (χ0) is 13.3. The average Bonchev–Trinajstić information content (AvgIpc) is 2.56. The molecule has 0 spiro atoms. The Hall–Kier alpha value is -1.88. The van der Waals surface area contributed by atoms with Crippen LogP contribution in [-0.2, 0) is 7.05 Å². The SMILES string of the molecule is Cc1cc(C)nc(NC(=O)c2c(Cl)cnn2C)c1. The van der Waals surface area contributed by atoms with Crippen molar-refractivity contribution in [3.05, 3.63) is 40.3 Å². The average molecular weight is 265 g/mol. The van der Waals surface area contributed by atoms with Gasteiger partial charge in [-0.25, -0.2) is 4.98 Å². The molecule has 2 aromatic rings. The summed E-state index contributed by atoms with van der Waals surface area (Å²) in [5.74, 6) is 0.187. The Bertz CT molecular complexity index is 566. The van der Waals surface area contributed by atoms with Crippen LogP contribution in [0.3, 0.4) is 0 Å². The van der Waals surface area contributed by atoms with E-state index in [2.05, 4.69) is 15.4 Å². The van der Waals surface area contributed by atoms with Gasteiger partial charge in [-0.1, -0.05) is 11.6 Å². The smallest absolute Gasteiger partial charge is 0.276 e. The highest BCUT2D eigenvalue weighted by Crippen LogP contribution is 2.16. The summed E-state index contributed by atoms with van der Waals surface area (Å²) in [5, 5.41) is 6.95. The highest BCUT2D eigenvalue weighted by molar-refractivity contribution is 6.34. The van der Waals surface area contributed by atoms with E-state index in [-0.39, 0.29) is 5.91 Å². The summed E-state index contributed by atoms with van der Waals surface area (Å²) in [7, 11) is 1.66. The molecule has 0 saturated carbocycles. The predicted molar refractivity (Wildman–Crippen MR) is 69.9 cm³/mol. The van der Waals surface area contributed by atoms with Gasteiger partial charge in [-0.15, -0.1) is 0 Å². The van der Waals surface area contributed by atoms with E-state index in [0.717, 1.165) is 11.3 Å². The van der Waals surface area contributed by atoms with Gasteiger partial charge in [0.2, 0.25) is 0 Å². The molecule has 0 radical (unpaired) electrons. The summed E-state index contributed by atoms with van der Waals surface area (Å²) in [4.78, 5) is 16.3. The van der Waals surface area contributed by atoms with E-state index in [9.17, 15) is 4.79 Å². The Labute approximate surface area is 110 Å². The number of halogens is 1. The molecule has 0 fully saturated rings. The first-order valence-corrected chi connectivity index (χ1v) is 5.79. The lowest BCUT2D eigenvalue weighted by Crippen LogP contribution is -2.17. The maximum Gasteiger partial charge on any atom is 0.276 e. The van der Waals surface area contributed by atoms with Crippen LogP contribution in [0.4, 0.5) is 5.82 Å². The Morgan fingerprint density at radius 1 is 1.39 bits per heavy atom. The van der Waals surface area contributed by atoms with Gasteiger partial charge < -0.3 is 5.32 Å². The van der Waals surface area contributed by atoms with E-state index in [0.29, 0.717) is 16.5 Å². The molecule has 0 bridgehead atoms. The molecule has 94 valence electrons. The van der Waals surface area contributed by atoms with Crippen molar-refractivity contribution in [3.63, 3.8) is 0 Å². The van der Waals surface area contributed by atoms with Crippen LogP contribution in [0.1, 0.15) is 21.7 Å². The van der Waals surface area contributed by atoms with Crippen LogP contribution in [0.5, 0.6) is 0 Å². The third-order valence-corrected chi connectivity index (χ3v) is 2.73. The Morgan fingerprint density at radius 3 is 2.67 bits per heavy atom. The van der Waals surface area contributed by atoms with Crippen LogP contribution in [0, 0.1) is 13.8 Å². The Kier molecular flexibility index (Phi) is 3.34. The normalized spacial score (nSPS) is 10.4. The van der Waals surface area contributed by atoms with Crippen molar-refractivity contribution in [1.29, 1.82) is 0 Å². The second-order valence-electron chi connectivity index (χ2n) is 4.09. The first-order valence-electron chi connectivity index (χ1n) is 5.41. The third-order valence-electron chi connectivity index (χ3n) is 2.45.